The minimum Gasteiger partial charge on any atom is -0.490 e. The summed E-state index contributed by atoms with van der Waals surface area (Å²) < 4.78 is 24.7. The molecule has 1 aromatic carbocycles. The van der Waals surface area contributed by atoms with Crippen LogP contribution >= 0.6 is 0 Å². The van der Waals surface area contributed by atoms with E-state index in [4.69, 9.17) is 9.47 Å². The number of aromatic nitrogens is 1. The van der Waals surface area contributed by atoms with Gasteiger partial charge < -0.3 is 14.5 Å². The predicted molar refractivity (Wildman–Crippen MR) is 70.7 cm³/mol. The smallest absolute Gasteiger partial charge is 0.129 e. The Morgan fingerprint density at radius 2 is 2.05 bits per heavy atom. The largest absolute Gasteiger partial charge is 0.490 e. The maximum Gasteiger partial charge on any atom is 0.129 e. The highest BCUT2D eigenvalue weighted by Gasteiger charge is 2.18. The Balaban J connectivity index is 1.87. The van der Waals surface area contributed by atoms with Gasteiger partial charge in [0.1, 0.15) is 17.7 Å². The van der Waals surface area contributed by atoms with Gasteiger partial charge in [0.15, 0.2) is 0 Å². The van der Waals surface area contributed by atoms with Crippen molar-refractivity contribution in [2.75, 3.05) is 13.2 Å². The van der Waals surface area contributed by atoms with Crippen LogP contribution < -0.4 is 4.74 Å². The highest BCUT2D eigenvalue weighted by atomic mass is 19.1. The summed E-state index contributed by atoms with van der Waals surface area (Å²) in [6.45, 7) is 1.45. The van der Waals surface area contributed by atoms with Crippen molar-refractivity contribution in [3.63, 3.8) is 0 Å². The van der Waals surface area contributed by atoms with Gasteiger partial charge in [0.25, 0.3) is 0 Å². The first-order chi connectivity index (χ1) is 9.33. The molecule has 0 unspecified atom stereocenters. The van der Waals surface area contributed by atoms with Crippen molar-refractivity contribution in [1.82, 2.24) is 4.98 Å². The summed E-state index contributed by atoms with van der Waals surface area (Å²) in [6, 6.07) is 8.42. The molecule has 2 heterocycles. The van der Waals surface area contributed by atoms with Crippen LogP contribution in [0.5, 0.6) is 5.75 Å². The van der Waals surface area contributed by atoms with Gasteiger partial charge in [0.05, 0.1) is 13.2 Å². The highest BCUT2D eigenvalue weighted by Crippen LogP contribution is 2.31. The van der Waals surface area contributed by atoms with Gasteiger partial charge in [-0.15, -0.1) is 0 Å². The van der Waals surface area contributed by atoms with Crippen molar-refractivity contribution < 1.29 is 13.9 Å². The third-order valence-corrected chi connectivity index (χ3v) is 3.29. The van der Waals surface area contributed by atoms with Crippen molar-refractivity contribution in [3.8, 4) is 17.0 Å². The molecule has 0 spiro atoms. The molecule has 0 bridgehead atoms. The molecule has 1 aliphatic rings. The fourth-order valence-electron chi connectivity index (χ4n) is 2.29. The van der Waals surface area contributed by atoms with E-state index in [1.165, 1.54) is 12.1 Å². The van der Waals surface area contributed by atoms with Crippen LogP contribution in [0.25, 0.3) is 11.3 Å². The van der Waals surface area contributed by atoms with Gasteiger partial charge in [-0.2, -0.15) is 0 Å². The predicted octanol–water partition coefficient (Wildman–Crippen LogP) is 3.38. The summed E-state index contributed by atoms with van der Waals surface area (Å²) in [5, 5.41) is 0. The first-order valence-electron chi connectivity index (χ1n) is 6.50. The number of benzene rings is 1. The Bertz CT molecular complexity index is 533. The van der Waals surface area contributed by atoms with E-state index in [0.717, 1.165) is 43.1 Å². The molecule has 1 N–H and O–H groups in total. The zero-order valence-corrected chi connectivity index (χ0v) is 10.6. The SMILES string of the molecule is Fc1ccc(OC2CCOCC2)c(-c2ccc[nH]2)c1. The van der Waals surface area contributed by atoms with Crippen molar-refractivity contribution >= 4 is 0 Å². The number of H-pyrrole nitrogens is 1. The Kier molecular flexibility index (Phi) is 3.51. The van der Waals surface area contributed by atoms with Gasteiger partial charge in [-0.05, 0) is 30.3 Å². The second-order valence-corrected chi connectivity index (χ2v) is 4.65. The molecule has 19 heavy (non-hydrogen) atoms. The summed E-state index contributed by atoms with van der Waals surface area (Å²) >= 11 is 0. The van der Waals surface area contributed by atoms with Crippen molar-refractivity contribution in [2.24, 2.45) is 0 Å². The number of hydrogen-bond acceptors (Lipinski definition) is 2. The summed E-state index contributed by atoms with van der Waals surface area (Å²) in [4.78, 5) is 3.09. The summed E-state index contributed by atoms with van der Waals surface area (Å²) in [7, 11) is 0. The minimum atomic E-state index is -0.260. The molecular formula is C15H16FNO2. The maximum absolute atomic E-state index is 13.4. The molecule has 0 atom stereocenters. The van der Waals surface area contributed by atoms with Crippen molar-refractivity contribution in [1.29, 1.82) is 0 Å². The van der Waals surface area contributed by atoms with Crippen molar-refractivity contribution in [2.45, 2.75) is 18.9 Å². The molecule has 1 saturated heterocycles. The van der Waals surface area contributed by atoms with E-state index in [-0.39, 0.29) is 11.9 Å². The molecule has 1 aliphatic heterocycles. The van der Waals surface area contributed by atoms with Gasteiger partial charge >= 0.3 is 0 Å². The Hall–Kier alpha value is -1.81. The monoisotopic (exact) mass is 261 g/mol. The van der Waals surface area contributed by atoms with Gasteiger partial charge in [-0.25, -0.2) is 4.39 Å². The van der Waals surface area contributed by atoms with Crippen LogP contribution in [0.4, 0.5) is 4.39 Å². The second-order valence-electron chi connectivity index (χ2n) is 4.65. The van der Waals surface area contributed by atoms with Gasteiger partial charge in [0.2, 0.25) is 0 Å². The first kappa shape index (κ1) is 12.2. The number of ether oxygens (including phenoxy) is 2. The lowest BCUT2D eigenvalue weighted by Gasteiger charge is -2.24. The van der Waals surface area contributed by atoms with Crippen LogP contribution in [0.15, 0.2) is 36.5 Å². The lowest BCUT2D eigenvalue weighted by atomic mass is 10.1. The van der Waals surface area contributed by atoms with Gasteiger partial charge in [-0.3, -0.25) is 0 Å². The summed E-state index contributed by atoms with van der Waals surface area (Å²) in [5.41, 5.74) is 1.62. The number of rotatable bonds is 3. The fourth-order valence-corrected chi connectivity index (χ4v) is 2.29. The molecule has 0 amide bonds. The number of halogens is 1. The molecule has 1 fully saturated rings. The number of hydrogen-bond donors (Lipinski definition) is 1. The van der Waals surface area contributed by atoms with E-state index >= 15 is 0 Å². The third-order valence-electron chi connectivity index (χ3n) is 3.29. The zero-order chi connectivity index (χ0) is 13.1. The van der Waals surface area contributed by atoms with Crippen LogP contribution in [0, 0.1) is 5.82 Å². The van der Waals surface area contributed by atoms with Crippen LogP contribution in [0.2, 0.25) is 0 Å². The second kappa shape index (κ2) is 5.45. The van der Waals surface area contributed by atoms with E-state index in [1.54, 1.807) is 6.07 Å². The molecule has 3 rings (SSSR count). The summed E-state index contributed by atoms with van der Waals surface area (Å²) in [5.74, 6) is 0.458. The average molecular weight is 261 g/mol. The van der Waals surface area contributed by atoms with Gasteiger partial charge in [0, 0.05) is 30.3 Å². The summed E-state index contributed by atoms with van der Waals surface area (Å²) in [6.07, 6.45) is 3.72. The minimum absolute atomic E-state index is 0.146. The molecule has 0 saturated carbocycles. The first-order valence-corrected chi connectivity index (χ1v) is 6.50. The Morgan fingerprint density at radius 3 is 2.79 bits per heavy atom. The molecule has 1 aromatic heterocycles. The maximum atomic E-state index is 13.4. The topological polar surface area (TPSA) is 34.2 Å². The van der Waals surface area contributed by atoms with E-state index in [1.807, 2.05) is 18.3 Å². The van der Waals surface area contributed by atoms with Crippen molar-refractivity contribution in [3.05, 3.63) is 42.3 Å². The average Bonchev–Trinajstić information content (AvgIpc) is 2.96. The van der Waals surface area contributed by atoms with Crippen LogP contribution in [0.1, 0.15) is 12.8 Å². The lowest BCUT2D eigenvalue weighted by molar-refractivity contribution is 0.0257. The molecule has 2 aromatic rings. The molecular weight excluding hydrogens is 245 g/mol. The lowest BCUT2D eigenvalue weighted by Crippen LogP contribution is -2.26. The third kappa shape index (κ3) is 2.79. The number of nitrogens with one attached hydrogen (secondary N) is 1. The van der Waals surface area contributed by atoms with E-state index in [2.05, 4.69) is 4.98 Å². The van der Waals surface area contributed by atoms with E-state index in [0.29, 0.717) is 0 Å². The highest BCUT2D eigenvalue weighted by molar-refractivity contribution is 5.67. The molecule has 4 heteroatoms. The molecule has 0 radical (unpaired) electrons. The van der Waals surface area contributed by atoms with Crippen LogP contribution in [0.3, 0.4) is 0 Å². The zero-order valence-electron chi connectivity index (χ0n) is 10.6. The quantitative estimate of drug-likeness (QED) is 0.919. The van der Waals surface area contributed by atoms with Crippen LogP contribution in [-0.2, 0) is 4.74 Å². The Morgan fingerprint density at radius 1 is 1.21 bits per heavy atom. The van der Waals surface area contributed by atoms with Gasteiger partial charge in [-0.1, -0.05) is 0 Å². The van der Waals surface area contributed by atoms with E-state index < -0.39 is 0 Å². The molecule has 3 nitrogen and oxygen atoms in total. The Labute approximate surface area is 111 Å². The molecule has 0 aliphatic carbocycles. The number of aromatic amines is 1. The van der Waals surface area contributed by atoms with Crippen LogP contribution in [-0.4, -0.2) is 24.3 Å². The normalized spacial score (nSPS) is 16.5. The standard InChI is InChI=1S/C15H16FNO2/c16-11-3-4-15(19-12-5-8-18-9-6-12)13(10-11)14-2-1-7-17-14/h1-4,7,10,12,17H,5-6,8-9H2. The van der Waals surface area contributed by atoms with E-state index in [9.17, 15) is 4.39 Å². The fraction of sp³-hybridized carbons (Fsp3) is 0.333. The molecule has 100 valence electrons.